The molecule has 0 amide bonds. The summed E-state index contributed by atoms with van der Waals surface area (Å²) in [6, 6.07) is 11.6. The molecule has 0 saturated heterocycles. The lowest BCUT2D eigenvalue weighted by Gasteiger charge is -2.15. The van der Waals surface area contributed by atoms with Gasteiger partial charge in [0.2, 0.25) is 10.0 Å². The quantitative estimate of drug-likeness (QED) is 0.400. The van der Waals surface area contributed by atoms with E-state index in [4.69, 9.17) is 20.9 Å². The number of fused-ring (bicyclic) bond motifs is 3. The first-order chi connectivity index (χ1) is 16.9. The highest BCUT2D eigenvalue weighted by Gasteiger charge is 2.34. The minimum Gasteiger partial charge on any atom is -0.481 e. The standard InChI is InChI=1S/C26H24ClN3O4S/c1-35(31,32)29-14-15-6-7-19-18(8-9-28-23(19)10-15)21-13-17(27)11-16-12-24(33-25(16)21)26-20-4-2-3-5-22(20)30-34-26/h6-11,13,24,29H,2-5,12,14H2,1H3/t24-/m1/s1. The van der Waals surface area contributed by atoms with E-state index in [0.29, 0.717) is 11.4 Å². The number of nitrogens with zero attached hydrogens (tertiary/aromatic N) is 2. The average molecular weight is 510 g/mol. The molecule has 35 heavy (non-hydrogen) atoms. The predicted octanol–water partition coefficient (Wildman–Crippen LogP) is 5.15. The zero-order valence-electron chi connectivity index (χ0n) is 19.2. The maximum absolute atomic E-state index is 11.5. The van der Waals surface area contributed by atoms with Crippen molar-refractivity contribution in [3.8, 4) is 16.9 Å². The van der Waals surface area contributed by atoms with Gasteiger partial charge in [0.15, 0.2) is 11.9 Å². The maximum atomic E-state index is 11.5. The molecule has 1 atom stereocenters. The highest BCUT2D eigenvalue weighted by molar-refractivity contribution is 7.88. The van der Waals surface area contributed by atoms with Gasteiger partial charge in [-0.15, -0.1) is 0 Å². The molecule has 0 saturated carbocycles. The van der Waals surface area contributed by atoms with Crippen molar-refractivity contribution < 1.29 is 17.7 Å². The monoisotopic (exact) mass is 509 g/mol. The molecule has 2 aliphatic rings. The van der Waals surface area contributed by atoms with Crippen molar-refractivity contribution >= 4 is 32.5 Å². The molecule has 7 nitrogen and oxygen atoms in total. The largest absolute Gasteiger partial charge is 0.481 e. The smallest absolute Gasteiger partial charge is 0.209 e. The van der Waals surface area contributed by atoms with Crippen molar-refractivity contribution in [3.63, 3.8) is 0 Å². The summed E-state index contributed by atoms with van der Waals surface area (Å²) in [5.74, 6) is 1.64. The summed E-state index contributed by atoms with van der Waals surface area (Å²) in [5, 5.41) is 5.88. The van der Waals surface area contributed by atoms with Gasteiger partial charge in [-0.2, -0.15) is 0 Å². The van der Waals surface area contributed by atoms with Gasteiger partial charge in [-0.25, -0.2) is 13.1 Å². The fourth-order valence-corrected chi connectivity index (χ4v) is 5.76. The van der Waals surface area contributed by atoms with Gasteiger partial charge in [-0.3, -0.25) is 4.98 Å². The molecule has 3 heterocycles. The molecule has 0 spiro atoms. The van der Waals surface area contributed by atoms with Gasteiger partial charge in [0.25, 0.3) is 0 Å². The lowest BCUT2D eigenvalue weighted by Crippen LogP contribution is -2.21. The van der Waals surface area contributed by atoms with Crippen LogP contribution in [0.2, 0.25) is 5.02 Å². The molecule has 1 aliphatic heterocycles. The molecule has 4 aromatic rings. The van der Waals surface area contributed by atoms with E-state index in [2.05, 4.69) is 14.9 Å². The molecular weight excluding hydrogens is 486 g/mol. The third-order valence-electron chi connectivity index (χ3n) is 6.71. The maximum Gasteiger partial charge on any atom is 0.209 e. The van der Waals surface area contributed by atoms with E-state index in [1.807, 2.05) is 36.4 Å². The van der Waals surface area contributed by atoms with E-state index in [-0.39, 0.29) is 12.6 Å². The lowest BCUT2D eigenvalue weighted by molar-refractivity contribution is 0.189. The second-order valence-electron chi connectivity index (χ2n) is 9.23. The molecule has 9 heteroatoms. The van der Waals surface area contributed by atoms with E-state index < -0.39 is 10.0 Å². The van der Waals surface area contributed by atoms with Crippen LogP contribution in [0.25, 0.3) is 22.0 Å². The third kappa shape index (κ3) is 4.30. The van der Waals surface area contributed by atoms with Crippen LogP contribution in [-0.4, -0.2) is 24.8 Å². The number of halogens is 1. The Morgan fingerprint density at radius 1 is 1.11 bits per heavy atom. The van der Waals surface area contributed by atoms with Crippen molar-refractivity contribution in [2.45, 2.75) is 44.8 Å². The fraction of sp³-hybridized carbons (Fsp3) is 0.308. The van der Waals surface area contributed by atoms with Crippen LogP contribution in [0.15, 0.2) is 47.1 Å². The number of aryl methyl sites for hydroxylation is 1. The number of benzene rings is 2. The molecule has 2 aromatic heterocycles. The first-order valence-corrected chi connectivity index (χ1v) is 13.9. The summed E-state index contributed by atoms with van der Waals surface area (Å²) in [7, 11) is -3.28. The number of hydrogen-bond acceptors (Lipinski definition) is 6. The minimum atomic E-state index is -3.28. The number of hydrogen-bond donors (Lipinski definition) is 1. The summed E-state index contributed by atoms with van der Waals surface area (Å²) in [6.45, 7) is 0.208. The topological polar surface area (TPSA) is 94.3 Å². The molecule has 0 bridgehead atoms. The fourth-order valence-electron chi connectivity index (χ4n) is 5.09. The molecule has 0 radical (unpaired) electrons. The highest BCUT2D eigenvalue weighted by Crippen LogP contribution is 2.47. The SMILES string of the molecule is CS(=O)(=O)NCc1ccc2c(-c3cc(Cl)cc4c3O[C@@H](c3onc5c3CCCC5)C4)ccnc2c1. The van der Waals surface area contributed by atoms with E-state index in [0.717, 1.165) is 82.3 Å². The zero-order chi connectivity index (χ0) is 24.2. The third-order valence-corrected chi connectivity index (χ3v) is 7.60. The summed E-state index contributed by atoms with van der Waals surface area (Å²) in [5.41, 5.74) is 6.75. The number of aromatic nitrogens is 2. The number of sulfonamides is 1. The highest BCUT2D eigenvalue weighted by atomic mass is 35.5. The van der Waals surface area contributed by atoms with Gasteiger partial charge < -0.3 is 9.26 Å². The van der Waals surface area contributed by atoms with E-state index in [1.165, 1.54) is 5.56 Å². The van der Waals surface area contributed by atoms with Crippen molar-refractivity contribution in [2.24, 2.45) is 0 Å². The number of rotatable bonds is 5. The summed E-state index contributed by atoms with van der Waals surface area (Å²) < 4.78 is 37.8. The molecule has 1 N–H and O–H groups in total. The van der Waals surface area contributed by atoms with Crippen LogP contribution < -0.4 is 9.46 Å². The zero-order valence-corrected chi connectivity index (χ0v) is 20.7. The Kier molecular flexibility index (Phi) is 5.55. The van der Waals surface area contributed by atoms with E-state index >= 15 is 0 Å². The molecule has 0 fully saturated rings. The molecule has 2 aromatic carbocycles. The predicted molar refractivity (Wildman–Crippen MR) is 134 cm³/mol. The van der Waals surface area contributed by atoms with Crippen molar-refractivity contribution in [1.29, 1.82) is 0 Å². The first kappa shape index (κ1) is 22.5. The Hall–Kier alpha value is -2.94. The minimum absolute atomic E-state index is 0.208. The number of pyridine rings is 1. The van der Waals surface area contributed by atoms with Crippen molar-refractivity contribution in [2.75, 3.05) is 6.26 Å². The normalized spacial score (nSPS) is 17.3. The summed E-state index contributed by atoms with van der Waals surface area (Å²) in [4.78, 5) is 4.52. The van der Waals surface area contributed by atoms with Gasteiger partial charge in [-0.1, -0.05) is 28.9 Å². The van der Waals surface area contributed by atoms with Crippen LogP contribution in [0, 0.1) is 0 Å². The Labute approximate surface area is 208 Å². The van der Waals surface area contributed by atoms with Crippen molar-refractivity contribution in [1.82, 2.24) is 14.9 Å². The van der Waals surface area contributed by atoms with Gasteiger partial charge >= 0.3 is 0 Å². The van der Waals surface area contributed by atoms with Gasteiger partial charge in [0.05, 0.1) is 17.5 Å². The average Bonchev–Trinajstić information content (AvgIpc) is 3.45. The van der Waals surface area contributed by atoms with Crippen LogP contribution in [0.1, 0.15) is 47.1 Å². The number of ether oxygens (including phenoxy) is 1. The van der Waals surface area contributed by atoms with Crippen LogP contribution in [-0.2, 0) is 35.8 Å². The van der Waals surface area contributed by atoms with Crippen LogP contribution >= 0.6 is 11.6 Å². The molecule has 180 valence electrons. The summed E-state index contributed by atoms with van der Waals surface area (Å²) in [6.07, 6.45) is 7.56. The molecule has 0 unspecified atom stereocenters. The van der Waals surface area contributed by atoms with E-state index in [9.17, 15) is 8.42 Å². The second-order valence-corrected chi connectivity index (χ2v) is 11.5. The van der Waals surface area contributed by atoms with Crippen LogP contribution in [0.3, 0.4) is 0 Å². The lowest BCUT2D eigenvalue weighted by atomic mass is 9.93. The number of nitrogens with one attached hydrogen (secondary N) is 1. The Bertz CT molecular complexity index is 1560. The van der Waals surface area contributed by atoms with Crippen molar-refractivity contribution in [3.05, 3.63) is 75.8 Å². The Balaban J connectivity index is 1.38. The molecular formula is C26H24ClN3O4S. The van der Waals surface area contributed by atoms with Gasteiger partial charge in [-0.05, 0) is 61.1 Å². The summed E-state index contributed by atoms with van der Waals surface area (Å²) >= 11 is 6.55. The Morgan fingerprint density at radius 3 is 2.83 bits per heavy atom. The van der Waals surface area contributed by atoms with E-state index in [1.54, 1.807) is 6.20 Å². The Morgan fingerprint density at radius 2 is 1.97 bits per heavy atom. The molecule has 1 aliphatic carbocycles. The van der Waals surface area contributed by atoms with Crippen LogP contribution in [0.4, 0.5) is 0 Å². The van der Waals surface area contributed by atoms with Gasteiger partial charge in [0, 0.05) is 46.3 Å². The van der Waals surface area contributed by atoms with Gasteiger partial charge in [0.1, 0.15) is 5.75 Å². The second kappa shape index (κ2) is 8.62. The van der Waals surface area contributed by atoms with Crippen LogP contribution in [0.5, 0.6) is 5.75 Å². The first-order valence-electron chi connectivity index (χ1n) is 11.6. The molecule has 6 rings (SSSR count).